The van der Waals surface area contributed by atoms with Gasteiger partial charge in [0.25, 0.3) is 0 Å². The monoisotopic (exact) mass is 339 g/mol. The van der Waals surface area contributed by atoms with Crippen LogP contribution in [0.2, 0.25) is 5.02 Å². The number of halogens is 1. The van der Waals surface area contributed by atoms with Crippen LogP contribution in [0.5, 0.6) is 0 Å². The van der Waals surface area contributed by atoms with Crippen LogP contribution in [0.3, 0.4) is 0 Å². The van der Waals surface area contributed by atoms with Crippen molar-refractivity contribution in [2.75, 3.05) is 11.5 Å². The SMILES string of the molecule is O=C1OCC2=C1[C@@H](c1ccc(Cl)cc1)CC(=O)N2c1ccccc1. The molecule has 0 aromatic heterocycles. The molecule has 2 aromatic carbocycles. The zero-order chi connectivity index (χ0) is 16.7. The van der Waals surface area contributed by atoms with Gasteiger partial charge >= 0.3 is 5.97 Å². The minimum Gasteiger partial charge on any atom is -0.456 e. The quantitative estimate of drug-likeness (QED) is 0.784. The van der Waals surface area contributed by atoms with E-state index in [4.69, 9.17) is 16.3 Å². The number of hydrogen-bond acceptors (Lipinski definition) is 3. The molecule has 2 aliphatic rings. The summed E-state index contributed by atoms with van der Waals surface area (Å²) in [5.74, 6) is -0.684. The number of cyclic esters (lactones) is 1. The fourth-order valence-electron chi connectivity index (χ4n) is 3.31. The van der Waals surface area contributed by atoms with Crippen molar-refractivity contribution in [1.82, 2.24) is 0 Å². The van der Waals surface area contributed by atoms with Crippen molar-refractivity contribution in [2.24, 2.45) is 0 Å². The predicted octanol–water partition coefficient (Wildman–Crippen LogP) is 3.67. The number of anilines is 1. The fraction of sp³-hybridized carbons (Fsp3) is 0.158. The van der Waals surface area contributed by atoms with Crippen LogP contribution in [0.15, 0.2) is 65.9 Å². The van der Waals surface area contributed by atoms with Gasteiger partial charge in [0.05, 0.1) is 11.3 Å². The molecular weight excluding hydrogens is 326 g/mol. The molecular formula is C19H14ClNO3. The topological polar surface area (TPSA) is 46.6 Å². The molecule has 0 aliphatic carbocycles. The average Bonchev–Trinajstić information content (AvgIpc) is 2.97. The van der Waals surface area contributed by atoms with Gasteiger partial charge in [-0.25, -0.2) is 4.79 Å². The molecule has 0 unspecified atom stereocenters. The Morgan fingerprint density at radius 3 is 2.42 bits per heavy atom. The Labute approximate surface area is 144 Å². The number of rotatable bonds is 2. The first kappa shape index (κ1) is 15.0. The first-order valence-corrected chi connectivity index (χ1v) is 8.06. The standard InChI is InChI=1S/C19H14ClNO3/c20-13-8-6-12(7-9-13)15-10-17(22)21(14-4-2-1-3-5-14)16-11-24-19(23)18(15)16/h1-9,15H,10-11H2/t15-/m1/s1. The lowest BCUT2D eigenvalue weighted by Gasteiger charge is -2.31. The van der Waals surface area contributed by atoms with Crippen LogP contribution in [0.4, 0.5) is 5.69 Å². The van der Waals surface area contributed by atoms with E-state index in [1.807, 2.05) is 42.5 Å². The first-order valence-electron chi connectivity index (χ1n) is 7.69. The van der Waals surface area contributed by atoms with Gasteiger partial charge in [-0.15, -0.1) is 0 Å². The highest BCUT2D eigenvalue weighted by Gasteiger charge is 2.42. The molecule has 120 valence electrons. The highest BCUT2D eigenvalue weighted by Crippen LogP contribution is 2.41. The molecule has 24 heavy (non-hydrogen) atoms. The summed E-state index contributed by atoms with van der Waals surface area (Å²) < 4.78 is 5.24. The third-order valence-electron chi connectivity index (χ3n) is 4.40. The van der Waals surface area contributed by atoms with Gasteiger partial charge < -0.3 is 4.74 Å². The number of benzene rings is 2. The summed E-state index contributed by atoms with van der Waals surface area (Å²) in [7, 11) is 0. The minimum absolute atomic E-state index is 0.0433. The predicted molar refractivity (Wildman–Crippen MR) is 90.7 cm³/mol. The van der Waals surface area contributed by atoms with E-state index in [0.29, 0.717) is 16.3 Å². The van der Waals surface area contributed by atoms with E-state index in [0.717, 1.165) is 11.3 Å². The van der Waals surface area contributed by atoms with Crippen molar-refractivity contribution in [2.45, 2.75) is 12.3 Å². The molecule has 0 N–H and O–H groups in total. The molecule has 0 bridgehead atoms. The molecule has 0 radical (unpaired) electrons. The Bertz CT molecular complexity index is 843. The van der Waals surface area contributed by atoms with Crippen molar-refractivity contribution in [1.29, 1.82) is 0 Å². The normalized spacial score (nSPS) is 20.2. The molecule has 0 fully saturated rings. The summed E-state index contributed by atoms with van der Waals surface area (Å²) in [5.41, 5.74) is 2.86. The van der Waals surface area contributed by atoms with Crippen molar-refractivity contribution in [3.63, 3.8) is 0 Å². The van der Waals surface area contributed by atoms with E-state index in [2.05, 4.69) is 0 Å². The molecule has 0 saturated heterocycles. The lowest BCUT2D eigenvalue weighted by Crippen LogP contribution is -2.37. The van der Waals surface area contributed by atoms with Gasteiger partial charge in [-0.05, 0) is 29.8 Å². The van der Waals surface area contributed by atoms with E-state index in [1.165, 1.54) is 0 Å². The van der Waals surface area contributed by atoms with Gasteiger partial charge in [0, 0.05) is 23.0 Å². The number of carbonyl (C=O) groups is 2. The smallest absolute Gasteiger partial charge is 0.336 e. The van der Waals surface area contributed by atoms with Gasteiger partial charge in [-0.3, -0.25) is 9.69 Å². The van der Waals surface area contributed by atoms with Gasteiger partial charge in [0.2, 0.25) is 5.91 Å². The van der Waals surface area contributed by atoms with Crippen LogP contribution in [-0.2, 0) is 14.3 Å². The maximum atomic E-state index is 12.8. The van der Waals surface area contributed by atoms with Gasteiger partial charge in [0.1, 0.15) is 6.61 Å². The summed E-state index contributed by atoms with van der Waals surface area (Å²) in [6.07, 6.45) is 0.227. The Hall–Kier alpha value is -2.59. The number of ether oxygens (including phenoxy) is 1. The van der Waals surface area contributed by atoms with E-state index < -0.39 is 0 Å². The highest BCUT2D eigenvalue weighted by atomic mass is 35.5. The van der Waals surface area contributed by atoms with Crippen molar-refractivity contribution in [3.8, 4) is 0 Å². The van der Waals surface area contributed by atoms with Crippen LogP contribution in [0.1, 0.15) is 17.9 Å². The zero-order valence-corrected chi connectivity index (χ0v) is 13.5. The van der Waals surface area contributed by atoms with E-state index in [1.54, 1.807) is 17.0 Å². The third kappa shape index (κ3) is 2.39. The number of nitrogens with zero attached hydrogens (tertiary/aromatic N) is 1. The maximum absolute atomic E-state index is 12.8. The molecule has 2 aromatic rings. The second-order valence-corrected chi connectivity index (χ2v) is 6.25. The van der Waals surface area contributed by atoms with Crippen LogP contribution >= 0.6 is 11.6 Å². The highest BCUT2D eigenvalue weighted by molar-refractivity contribution is 6.30. The first-order chi connectivity index (χ1) is 11.6. The second-order valence-electron chi connectivity index (χ2n) is 5.81. The van der Waals surface area contributed by atoms with E-state index in [9.17, 15) is 9.59 Å². The lowest BCUT2D eigenvalue weighted by atomic mass is 9.84. The Kier molecular flexibility index (Phi) is 3.62. The van der Waals surface area contributed by atoms with Gasteiger partial charge in [0.15, 0.2) is 0 Å². The number of hydrogen-bond donors (Lipinski definition) is 0. The molecule has 4 rings (SSSR count). The van der Waals surface area contributed by atoms with E-state index >= 15 is 0 Å². The summed E-state index contributed by atoms with van der Waals surface area (Å²) in [6.45, 7) is 0.124. The van der Waals surface area contributed by atoms with Crippen molar-refractivity contribution in [3.05, 3.63) is 76.5 Å². The summed E-state index contributed by atoms with van der Waals surface area (Å²) >= 11 is 5.94. The van der Waals surface area contributed by atoms with Crippen LogP contribution in [0.25, 0.3) is 0 Å². The molecule has 5 heteroatoms. The molecule has 1 amide bonds. The average molecular weight is 340 g/mol. The molecule has 2 aliphatic heterocycles. The van der Waals surface area contributed by atoms with Gasteiger partial charge in [-0.2, -0.15) is 0 Å². The van der Waals surface area contributed by atoms with Crippen LogP contribution in [0, 0.1) is 0 Å². The lowest BCUT2D eigenvalue weighted by molar-refractivity contribution is -0.136. The Balaban J connectivity index is 1.82. The van der Waals surface area contributed by atoms with E-state index in [-0.39, 0.29) is 30.8 Å². The summed E-state index contributed by atoms with van der Waals surface area (Å²) in [6, 6.07) is 16.6. The number of carbonyl (C=O) groups excluding carboxylic acids is 2. The van der Waals surface area contributed by atoms with Crippen molar-refractivity contribution < 1.29 is 14.3 Å². The van der Waals surface area contributed by atoms with Crippen LogP contribution in [-0.4, -0.2) is 18.5 Å². The Morgan fingerprint density at radius 2 is 1.71 bits per heavy atom. The minimum atomic E-state index is -0.349. The molecule has 2 heterocycles. The summed E-state index contributed by atoms with van der Waals surface area (Å²) in [4.78, 5) is 26.7. The zero-order valence-electron chi connectivity index (χ0n) is 12.7. The fourth-order valence-corrected chi connectivity index (χ4v) is 3.44. The third-order valence-corrected chi connectivity index (χ3v) is 4.66. The second kappa shape index (κ2) is 5.80. The molecule has 0 spiro atoms. The maximum Gasteiger partial charge on any atom is 0.336 e. The largest absolute Gasteiger partial charge is 0.456 e. The number of amides is 1. The van der Waals surface area contributed by atoms with Crippen molar-refractivity contribution >= 4 is 29.2 Å². The molecule has 1 atom stereocenters. The number of esters is 1. The molecule has 4 nitrogen and oxygen atoms in total. The van der Waals surface area contributed by atoms with Gasteiger partial charge in [-0.1, -0.05) is 41.9 Å². The Morgan fingerprint density at radius 1 is 1.00 bits per heavy atom. The van der Waals surface area contributed by atoms with Crippen LogP contribution < -0.4 is 4.90 Å². The molecule has 0 saturated carbocycles. The summed E-state index contributed by atoms with van der Waals surface area (Å²) in [5, 5.41) is 0.620. The number of para-hydroxylation sites is 1.